The normalized spacial score (nSPS) is 19.7. The maximum Gasteiger partial charge on any atom is 0.257 e. The van der Waals surface area contributed by atoms with Crippen molar-refractivity contribution in [2.75, 3.05) is 25.4 Å². The number of nitrogens with two attached hydrogens (primary N) is 1. The number of fused-ring (bicyclic) bond motifs is 1. The van der Waals surface area contributed by atoms with Crippen LogP contribution in [-0.4, -0.2) is 53.4 Å². The fourth-order valence-corrected chi connectivity index (χ4v) is 5.00. The molecule has 3 heterocycles. The largest absolute Gasteiger partial charge is 0.383 e. The van der Waals surface area contributed by atoms with Gasteiger partial charge in [-0.05, 0) is 37.8 Å². The standard InChI is InChI=1S/C17H26N4O3S/c1-3-12(2)25(23,24)21-9-6-15-13(11-21)10-14(16(18)19-15)17(22)20-7-4-5-8-20/h10,12H,3-9,11H2,1-2H3,(H2,18,19)/t12-/m1/s1. The highest BCUT2D eigenvalue weighted by molar-refractivity contribution is 7.89. The average Bonchev–Trinajstić information content (AvgIpc) is 3.13. The highest BCUT2D eigenvalue weighted by Gasteiger charge is 2.32. The number of likely N-dealkylation sites (tertiary alicyclic amines) is 1. The molecule has 0 radical (unpaired) electrons. The smallest absolute Gasteiger partial charge is 0.257 e. The lowest BCUT2D eigenvalue weighted by Gasteiger charge is -2.30. The van der Waals surface area contributed by atoms with Gasteiger partial charge in [0.15, 0.2) is 0 Å². The van der Waals surface area contributed by atoms with Crippen LogP contribution in [-0.2, 0) is 23.0 Å². The molecule has 1 atom stereocenters. The van der Waals surface area contributed by atoms with Crippen molar-refractivity contribution in [2.24, 2.45) is 0 Å². The van der Waals surface area contributed by atoms with E-state index in [2.05, 4.69) is 4.98 Å². The van der Waals surface area contributed by atoms with Crippen LogP contribution in [0.25, 0.3) is 0 Å². The molecule has 1 aromatic heterocycles. The van der Waals surface area contributed by atoms with Gasteiger partial charge in [0.1, 0.15) is 5.82 Å². The second kappa shape index (κ2) is 6.92. The fraction of sp³-hybridized carbons (Fsp3) is 0.647. The van der Waals surface area contributed by atoms with E-state index in [1.54, 1.807) is 17.9 Å². The molecule has 138 valence electrons. The van der Waals surface area contributed by atoms with Gasteiger partial charge in [0.25, 0.3) is 5.91 Å². The summed E-state index contributed by atoms with van der Waals surface area (Å²) in [5.41, 5.74) is 7.99. The van der Waals surface area contributed by atoms with Crippen LogP contribution in [0.4, 0.5) is 5.82 Å². The third-order valence-corrected chi connectivity index (χ3v) is 7.61. The Bertz CT molecular complexity index is 772. The molecule has 1 fully saturated rings. The zero-order chi connectivity index (χ0) is 18.2. The molecule has 0 bridgehead atoms. The third kappa shape index (κ3) is 3.37. The van der Waals surface area contributed by atoms with Crippen LogP contribution >= 0.6 is 0 Å². The van der Waals surface area contributed by atoms with E-state index in [4.69, 9.17) is 5.73 Å². The lowest BCUT2D eigenvalue weighted by Crippen LogP contribution is -2.41. The van der Waals surface area contributed by atoms with E-state index < -0.39 is 15.3 Å². The van der Waals surface area contributed by atoms with E-state index in [9.17, 15) is 13.2 Å². The van der Waals surface area contributed by atoms with E-state index in [0.717, 1.165) is 37.2 Å². The Morgan fingerprint density at radius 1 is 1.32 bits per heavy atom. The number of pyridine rings is 1. The molecular formula is C17H26N4O3S. The molecule has 2 aliphatic heterocycles. The first-order chi connectivity index (χ1) is 11.8. The molecule has 1 saturated heterocycles. The van der Waals surface area contributed by atoms with Gasteiger partial charge in [-0.2, -0.15) is 4.31 Å². The number of nitrogens with zero attached hydrogens (tertiary/aromatic N) is 3. The van der Waals surface area contributed by atoms with E-state index in [-0.39, 0.29) is 18.3 Å². The van der Waals surface area contributed by atoms with Crippen LogP contribution in [0.15, 0.2) is 6.07 Å². The van der Waals surface area contributed by atoms with E-state index >= 15 is 0 Å². The number of nitrogen functional groups attached to an aromatic ring is 1. The minimum absolute atomic E-state index is 0.104. The molecule has 3 rings (SSSR count). The van der Waals surface area contributed by atoms with Gasteiger partial charge in [0.2, 0.25) is 10.0 Å². The Morgan fingerprint density at radius 3 is 2.64 bits per heavy atom. The summed E-state index contributed by atoms with van der Waals surface area (Å²) in [5, 5.41) is -0.415. The van der Waals surface area contributed by atoms with E-state index in [1.165, 1.54) is 4.31 Å². The second-order valence-corrected chi connectivity index (χ2v) is 9.22. The third-order valence-electron chi connectivity index (χ3n) is 5.23. The van der Waals surface area contributed by atoms with E-state index in [0.29, 0.717) is 24.9 Å². The summed E-state index contributed by atoms with van der Waals surface area (Å²) in [4.78, 5) is 18.8. The first-order valence-electron chi connectivity index (χ1n) is 8.91. The molecule has 0 unspecified atom stereocenters. The van der Waals surface area contributed by atoms with Crippen molar-refractivity contribution in [3.8, 4) is 0 Å². The minimum Gasteiger partial charge on any atom is -0.383 e. The van der Waals surface area contributed by atoms with Gasteiger partial charge in [0.05, 0.1) is 10.8 Å². The van der Waals surface area contributed by atoms with Crippen LogP contribution in [0, 0.1) is 0 Å². The quantitative estimate of drug-likeness (QED) is 0.868. The van der Waals surface area contributed by atoms with Gasteiger partial charge >= 0.3 is 0 Å². The molecule has 25 heavy (non-hydrogen) atoms. The first kappa shape index (κ1) is 18.1. The Morgan fingerprint density at radius 2 is 2.00 bits per heavy atom. The molecule has 2 N–H and O–H groups in total. The molecule has 0 saturated carbocycles. The van der Waals surface area contributed by atoms with Gasteiger partial charge in [-0.25, -0.2) is 13.4 Å². The number of sulfonamides is 1. The summed E-state index contributed by atoms with van der Waals surface area (Å²) in [6.45, 7) is 5.75. The van der Waals surface area contributed by atoms with Crippen molar-refractivity contribution in [1.29, 1.82) is 0 Å². The van der Waals surface area contributed by atoms with Crippen molar-refractivity contribution >= 4 is 21.7 Å². The summed E-state index contributed by atoms with van der Waals surface area (Å²) in [7, 11) is -3.33. The zero-order valence-electron chi connectivity index (χ0n) is 14.9. The highest BCUT2D eigenvalue weighted by Crippen LogP contribution is 2.26. The number of rotatable bonds is 4. The molecule has 0 spiro atoms. The highest BCUT2D eigenvalue weighted by atomic mass is 32.2. The van der Waals surface area contributed by atoms with Crippen molar-refractivity contribution in [2.45, 2.75) is 51.3 Å². The Labute approximate surface area is 149 Å². The van der Waals surface area contributed by atoms with Gasteiger partial charge in [-0.15, -0.1) is 0 Å². The van der Waals surface area contributed by atoms with Crippen LogP contribution in [0.3, 0.4) is 0 Å². The number of carbonyl (C=O) groups is 1. The predicted molar refractivity (Wildman–Crippen MR) is 96.6 cm³/mol. The maximum absolute atomic E-state index is 12.7. The topological polar surface area (TPSA) is 96.6 Å². The van der Waals surface area contributed by atoms with Crippen LogP contribution in [0.1, 0.15) is 54.7 Å². The van der Waals surface area contributed by atoms with Gasteiger partial charge in [-0.1, -0.05) is 6.92 Å². The molecule has 7 nitrogen and oxygen atoms in total. The number of aromatic nitrogens is 1. The van der Waals surface area contributed by atoms with Gasteiger partial charge in [0, 0.05) is 38.3 Å². The summed E-state index contributed by atoms with van der Waals surface area (Å²) >= 11 is 0. The first-order valence-corrected chi connectivity index (χ1v) is 10.4. The SMILES string of the molecule is CC[C@@H](C)S(=O)(=O)N1CCc2nc(N)c(C(=O)N3CCCC3)cc2C1. The van der Waals surface area contributed by atoms with Crippen LogP contribution < -0.4 is 5.73 Å². The fourth-order valence-electron chi connectivity index (χ4n) is 3.41. The molecular weight excluding hydrogens is 340 g/mol. The number of carbonyl (C=O) groups excluding carboxylic acids is 1. The van der Waals surface area contributed by atoms with E-state index in [1.807, 2.05) is 6.92 Å². The summed E-state index contributed by atoms with van der Waals surface area (Å²) < 4.78 is 26.8. The number of amides is 1. The lowest BCUT2D eigenvalue weighted by molar-refractivity contribution is 0.0793. The monoisotopic (exact) mass is 366 g/mol. The summed E-state index contributed by atoms with van der Waals surface area (Å²) in [6.07, 6.45) is 3.10. The van der Waals surface area contributed by atoms with Crippen LogP contribution in [0.2, 0.25) is 0 Å². The molecule has 0 aromatic carbocycles. The Balaban J connectivity index is 1.89. The molecule has 0 aliphatic carbocycles. The molecule has 2 aliphatic rings. The molecule has 1 aromatic rings. The van der Waals surface area contributed by atoms with Crippen molar-refractivity contribution < 1.29 is 13.2 Å². The predicted octanol–water partition coefficient (Wildman–Crippen LogP) is 1.39. The van der Waals surface area contributed by atoms with Crippen molar-refractivity contribution in [1.82, 2.24) is 14.2 Å². The van der Waals surface area contributed by atoms with Gasteiger partial charge < -0.3 is 10.6 Å². The van der Waals surface area contributed by atoms with Crippen molar-refractivity contribution in [3.63, 3.8) is 0 Å². The number of hydrogen-bond acceptors (Lipinski definition) is 5. The average molecular weight is 366 g/mol. The number of hydrogen-bond donors (Lipinski definition) is 1. The Kier molecular flexibility index (Phi) is 5.02. The van der Waals surface area contributed by atoms with Crippen LogP contribution in [0.5, 0.6) is 0 Å². The van der Waals surface area contributed by atoms with Gasteiger partial charge in [-0.3, -0.25) is 4.79 Å². The molecule has 8 heteroatoms. The summed E-state index contributed by atoms with van der Waals surface area (Å²) in [6, 6.07) is 1.75. The second-order valence-electron chi connectivity index (χ2n) is 6.87. The number of anilines is 1. The Hall–Kier alpha value is -1.67. The maximum atomic E-state index is 12.7. The lowest BCUT2D eigenvalue weighted by atomic mass is 10.0. The summed E-state index contributed by atoms with van der Waals surface area (Å²) in [5.74, 6) is 0.140. The minimum atomic E-state index is -3.33. The molecule has 1 amide bonds. The van der Waals surface area contributed by atoms with Crippen molar-refractivity contribution in [3.05, 3.63) is 22.9 Å². The zero-order valence-corrected chi connectivity index (χ0v) is 15.7.